The van der Waals surface area contributed by atoms with Crippen LogP contribution in [0.25, 0.3) is 0 Å². The number of anilines is 1. The lowest BCUT2D eigenvalue weighted by Crippen LogP contribution is -2.38. The fourth-order valence-corrected chi connectivity index (χ4v) is 3.43. The lowest BCUT2D eigenvalue weighted by atomic mass is 9.96. The third-order valence-corrected chi connectivity index (χ3v) is 5.34. The van der Waals surface area contributed by atoms with Crippen LogP contribution in [0.5, 0.6) is 5.75 Å². The highest BCUT2D eigenvalue weighted by Gasteiger charge is 2.31. The summed E-state index contributed by atoms with van der Waals surface area (Å²) in [6.07, 6.45) is 3.85. The van der Waals surface area contributed by atoms with Gasteiger partial charge in [0.05, 0.1) is 12.1 Å². The third kappa shape index (κ3) is 5.56. The first-order valence-corrected chi connectivity index (χ1v) is 9.77. The third-order valence-electron chi connectivity index (χ3n) is 5.34. The number of amides is 1. The van der Waals surface area contributed by atoms with Gasteiger partial charge in [-0.3, -0.25) is 14.4 Å². The minimum atomic E-state index is -0.870. The maximum Gasteiger partial charge on any atom is 0.239 e. The number of carbonyl (C=O) groups excluding carboxylic acids is 1. The molecule has 152 valence electrons. The number of likely N-dealkylation sites (tertiary alicyclic amines) is 1. The van der Waals surface area contributed by atoms with Gasteiger partial charge in [-0.2, -0.15) is 5.10 Å². The van der Waals surface area contributed by atoms with Crippen molar-refractivity contribution in [3.8, 4) is 5.75 Å². The van der Waals surface area contributed by atoms with Gasteiger partial charge in [0.25, 0.3) is 0 Å². The Kier molecular flexibility index (Phi) is 6.36. The van der Waals surface area contributed by atoms with Crippen molar-refractivity contribution in [1.82, 2.24) is 14.7 Å². The quantitative estimate of drug-likeness (QED) is 0.796. The highest BCUT2D eigenvalue weighted by atomic mass is 16.5. The van der Waals surface area contributed by atoms with Crippen LogP contribution in [-0.4, -0.2) is 57.5 Å². The summed E-state index contributed by atoms with van der Waals surface area (Å²) < 4.78 is 7.53. The second-order valence-corrected chi connectivity index (χ2v) is 7.81. The van der Waals surface area contributed by atoms with E-state index in [1.165, 1.54) is 11.1 Å². The van der Waals surface area contributed by atoms with Gasteiger partial charge in [0.1, 0.15) is 12.4 Å². The van der Waals surface area contributed by atoms with Gasteiger partial charge in [0, 0.05) is 25.9 Å². The first kappa shape index (κ1) is 20.4. The van der Waals surface area contributed by atoms with E-state index in [-0.39, 0.29) is 12.5 Å². The Morgan fingerprint density at radius 1 is 1.25 bits per heavy atom. The first-order valence-electron chi connectivity index (χ1n) is 9.77. The molecule has 1 amide bonds. The molecule has 7 heteroatoms. The largest absolute Gasteiger partial charge is 0.491 e. The summed E-state index contributed by atoms with van der Waals surface area (Å²) in [6, 6.07) is 7.74. The Balaban J connectivity index is 1.48. The zero-order chi connectivity index (χ0) is 20.1. The standard InChI is InChI=1S/C21H30N4O3/c1-16-5-6-18(13-17(16)2)28-15-21(27)8-4-10-25(12-9-21)14-20(26)22-19-7-11-24(3)23-19/h5-7,11,13,27H,4,8-10,12,14-15H2,1-3H3,(H,22,23,26). The molecule has 2 N–H and O–H groups in total. The van der Waals surface area contributed by atoms with E-state index in [9.17, 15) is 9.90 Å². The van der Waals surface area contributed by atoms with Crippen molar-refractivity contribution in [1.29, 1.82) is 0 Å². The van der Waals surface area contributed by atoms with Gasteiger partial charge < -0.3 is 15.2 Å². The van der Waals surface area contributed by atoms with Gasteiger partial charge in [0.15, 0.2) is 5.82 Å². The number of nitrogens with zero attached hydrogens (tertiary/aromatic N) is 3. The number of benzene rings is 1. The van der Waals surface area contributed by atoms with E-state index in [0.717, 1.165) is 18.7 Å². The number of hydrogen-bond donors (Lipinski definition) is 2. The number of hydrogen-bond acceptors (Lipinski definition) is 5. The number of carbonyl (C=O) groups is 1. The van der Waals surface area contributed by atoms with E-state index in [2.05, 4.69) is 29.2 Å². The molecule has 1 aliphatic heterocycles. The van der Waals surface area contributed by atoms with E-state index in [4.69, 9.17) is 4.74 Å². The summed E-state index contributed by atoms with van der Waals surface area (Å²) in [4.78, 5) is 14.3. The zero-order valence-electron chi connectivity index (χ0n) is 16.9. The van der Waals surface area contributed by atoms with E-state index in [1.54, 1.807) is 16.9 Å². The second-order valence-electron chi connectivity index (χ2n) is 7.81. The number of rotatable bonds is 6. The summed E-state index contributed by atoms with van der Waals surface area (Å²) in [5.41, 5.74) is 1.53. The van der Waals surface area contributed by atoms with E-state index >= 15 is 0 Å². The summed E-state index contributed by atoms with van der Waals surface area (Å²) >= 11 is 0. The molecule has 28 heavy (non-hydrogen) atoms. The molecule has 1 atom stereocenters. The van der Waals surface area contributed by atoms with Crippen LogP contribution < -0.4 is 10.1 Å². The number of aliphatic hydroxyl groups is 1. The Morgan fingerprint density at radius 2 is 2.07 bits per heavy atom. The molecule has 1 unspecified atom stereocenters. The lowest BCUT2D eigenvalue weighted by molar-refractivity contribution is -0.117. The SMILES string of the molecule is Cc1ccc(OCC2(O)CCCN(CC(=O)Nc3ccn(C)n3)CC2)cc1C. The van der Waals surface area contributed by atoms with Crippen molar-refractivity contribution in [2.75, 3.05) is 31.6 Å². The first-order chi connectivity index (χ1) is 13.3. The van der Waals surface area contributed by atoms with Crippen molar-refractivity contribution >= 4 is 11.7 Å². The molecule has 1 saturated heterocycles. The Bertz CT molecular complexity index is 820. The highest BCUT2D eigenvalue weighted by molar-refractivity contribution is 5.91. The van der Waals surface area contributed by atoms with Gasteiger partial charge in [-0.1, -0.05) is 6.07 Å². The second kappa shape index (κ2) is 8.75. The molecule has 1 aromatic heterocycles. The fourth-order valence-electron chi connectivity index (χ4n) is 3.43. The Morgan fingerprint density at radius 3 is 2.79 bits per heavy atom. The van der Waals surface area contributed by atoms with E-state index in [0.29, 0.717) is 31.7 Å². The van der Waals surface area contributed by atoms with Crippen molar-refractivity contribution in [2.45, 2.75) is 38.7 Å². The average molecular weight is 386 g/mol. The van der Waals surface area contributed by atoms with Gasteiger partial charge in [-0.15, -0.1) is 0 Å². The van der Waals surface area contributed by atoms with Crippen molar-refractivity contribution < 1.29 is 14.6 Å². The average Bonchev–Trinajstić information content (AvgIpc) is 2.95. The molecule has 1 fully saturated rings. The monoisotopic (exact) mass is 386 g/mol. The summed E-state index contributed by atoms with van der Waals surface area (Å²) in [7, 11) is 1.81. The molecular formula is C21H30N4O3. The van der Waals surface area contributed by atoms with Crippen LogP contribution in [0.1, 0.15) is 30.4 Å². The summed E-state index contributed by atoms with van der Waals surface area (Å²) in [6.45, 7) is 6.12. The molecule has 0 aliphatic carbocycles. The van der Waals surface area contributed by atoms with Gasteiger partial charge in [-0.05, 0) is 62.9 Å². The molecule has 0 saturated carbocycles. The van der Waals surface area contributed by atoms with Gasteiger partial charge in [0.2, 0.25) is 5.91 Å². The van der Waals surface area contributed by atoms with Crippen molar-refractivity contribution in [3.05, 3.63) is 41.6 Å². The fraction of sp³-hybridized carbons (Fsp3) is 0.524. The van der Waals surface area contributed by atoms with E-state index in [1.807, 2.05) is 25.2 Å². The van der Waals surface area contributed by atoms with Crippen molar-refractivity contribution in [3.63, 3.8) is 0 Å². The normalized spacial score (nSPS) is 20.6. The predicted molar refractivity (Wildman–Crippen MR) is 108 cm³/mol. The van der Waals surface area contributed by atoms with Gasteiger partial charge in [-0.25, -0.2) is 0 Å². The lowest BCUT2D eigenvalue weighted by Gasteiger charge is -2.27. The molecule has 0 bridgehead atoms. The Labute approximate surface area is 166 Å². The predicted octanol–water partition coefficient (Wildman–Crippen LogP) is 2.27. The van der Waals surface area contributed by atoms with Gasteiger partial charge >= 0.3 is 0 Å². The number of aryl methyl sites for hydroxylation is 3. The minimum Gasteiger partial charge on any atom is -0.491 e. The number of ether oxygens (including phenoxy) is 1. The molecule has 0 spiro atoms. The van der Waals surface area contributed by atoms with Crippen LogP contribution in [-0.2, 0) is 11.8 Å². The molecule has 0 radical (unpaired) electrons. The van der Waals surface area contributed by atoms with Crippen LogP contribution in [0, 0.1) is 13.8 Å². The van der Waals surface area contributed by atoms with Crippen LogP contribution >= 0.6 is 0 Å². The maximum absolute atomic E-state index is 12.2. The molecule has 1 aliphatic rings. The zero-order valence-corrected chi connectivity index (χ0v) is 16.9. The van der Waals surface area contributed by atoms with Crippen LogP contribution in [0.15, 0.2) is 30.5 Å². The Hall–Kier alpha value is -2.38. The molecular weight excluding hydrogens is 356 g/mol. The number of aromatic nitrogens is 2. The summed E-state index contributed by atoms with van der Waals surface area (Å²) in [5.74, 6) is 1.25. The molecule has 3 rings (SSSR count). The van der Waals surface area contributed by atoms with Crippen LogP contribution in [0.3, 0.4) is 0 Å². The molecule has 7 nitrogen and oxygen atoms in total. The highest BCUT2D eigenvalue weighted by Crippen LogP contribution is 2.25. The summed E-state index contributed by atoms with van der Waals surface area (Å²) in [5, 5.41) is 17.9. The molecule has 1 aromatic carbocycles. The molecule has 2 heterocycles. The topological polar surface area (TPSA) is 79.6 Å². The minimum absolute atomic E-state index is 0.0875. The van der Waals surface area contributed by atoms with Crippen LogP contribution in [0.2, 0.25) is 0 Å². The van der Waals surface area contributed by atoms with Crippen molar-refractivity contribution in [2.24, 2.45) is 7.05 Å². The molecule has 2 aromatic rings. The number of nitrogens with one attached hydrogen (secondary N) is 1. The maximum atomic E-state index is 12.2. The van der Waals surface area contributed by atoms with Crippen LogP contribution in [0.4, 0.5) is 5.82 Å². The smallest absolute Gasteiger partial charge is 0.239 e. The van der Waals surface area contributed by atoms with E-state index < -0.39 is 5.60 Å².